The normalized spacial score (nSPS) is 21.6. The molecule has 0 aromatic carbocycles. The molecule has 2 heteroatoms. The van der Waals surface area contributed by atoms with Crippen molar-refractivity contribution in [3.63, 3.8) is 0 Å². The SMILES string of the molecule is CC(C)SCC(O)C1CC1. The lowest BCUT2D eigenvalue weighted by atomic mass is 10.3. The molecule has 0 aromatic heterocycles. The van der Waals surface area contributed by atoms with Gasteiger partial charge in [-0.15, -0.1) is 0 Å². The van der Waals surface area contributed by atoms with Gasteiger partial charge in [0.1, 0.15) is 0 Å². The van der Waals surface area contributed by atoms with Crippen molar-refractivity contribution in [2.45, 2.75) is 38.0 Å². The minimum atomic E-state index is -0.0209. The predicted octanol–water partition coefficient (Wildman–Crippen LogP) is 1.90. The lowest BCUT2D eigenvalue weighted by Gasteiger charge is -2.09. The van der Waals surface area contributed by atoms with Crippen molar-refractivity contribution in [1.29, 1.82) is 0 Å². The van der Waals surface area contributed by atoms with Crippen LogP contribution in [0.3, 0.4) is 0 Å². The topological polar surface area (TPSA) is 20.2 Å². The molecule has 1 fully saturated rings. The lowest BCUT2D eigenvalue weighted by molar-refractivity contribution is 0.176. The standard InChI is InChI=1S/C8H16OS/c1-6(2)10-5-8(9)7-3-4-7/h6-9H,3-5H2,1-2H3. The maximum atomic E-state index is 9.42. The van der Waals surface area contributed by atoms with Crippen molar-refractivity contribution in [3.8, 4) is 0 Å². The molecule has 1 aliphatic carbocycles. The first kappa shape index (κ1) is 8.41. The van der Waals surface area contributed by atoms with E-state index in [9.17, 15) is 5.11 Å². The molecule has 1 saturated carbocycles. The molecule has 0 bridgehead atoms. The highest BCUT2D eigenvalue weighted by Crippen LogP contribution is 2.34. The van der Waals surface area contributed by atoms with Crippen LogP contribution in [0.25, 0.3) is 0 Å². The van der Waals surface area contributed by atoms with Crippen molar-refractivity contribution in [1.82, 2.24) is 0 Å². The van der Waals surface area contributed by atoms with Gasteiger partial charge >= 0.3 is 0 Å². The molecule has 1 unspecified atom stereocenters. The Morgan fingerprint density at radius 1 is 1.50 bits per heavy atom. The van der Waals surface area contributed by atoms with Crippen molar-refractivity contribution < 1.29 is 5.11 Å². The monoisotopic (exact) mass is 160 g/mol. The number of thioether (sulfide) groups is 1. The van der Waals surface area contributed by atoms with Crippen molar-refractivity contribution in [3.05, 3.63) is 0 Å². The second kappa shape index (κ2) is 3.63. The Kier molecular flexibility index (Phi) is 3.05. The van der Waals surface area contributed by atoms with Crippen LogP contribution in [0.5, 0.6) is 0 Å². The molecule has 10 heavy (non-hydrogen) atoms. The quantitative estimate of drug-likeness (QED) is 0.678. The van der Waals surface area contributed by atoms with Crippen LogP contribution in [-0.2, 0) is 0 Å². The first-order valence-electron chi connectivity index (χ1n) is 4.00. The third-order valence-corrected chi connectivity index (χ3v) is 2.97. The largest absolute Gasteiger partial charge is 0.392 e. The van der Waals surface area contributed by atoms with E-state index < -0.39 is 0 Å². The second-order valence-electron chi connectivity index (χ2n) is 3.29. The van der Waals surface area contributed by atoms with Crippen LogP contribution in [0, 0.1) is 5.92 Å². The van der Waals surface area contributed by atoms with Gasteiger partial charge in [-0.05, 0) is 24.0 Å². The molecule has 1 N–H and O–H groups in total. The molecule has 1 aliphatic rings. The van der Waals surface area contributed by atoms with E-state index >= 15 is 0 Å². The zero-order chi connectivity index (χ0) is 7.56. The van der Waals surface area contributed by atoms with Gasteiger partial charge in [-0.25, -0.2) is 0 Å². The van der Waals surface area contributed by atoms with E-state index in [1.165, 1.54) is 12.8 Å². The minimum Gasteiger partial charge on any atom is -0.392 e. The predicted molar refractivity (Wildman–Crippen MR) is 46.3 cm³/mol. The fourth-order valence-corrected chi connectivity index (χ4v) is 1.76. The van der Waals surface area contributed by atoms with Crippen LogP contribution < -0.4 is 0 Å². The van der Waals surface area contributed by atoms with Gasteiger partial charge in [0.15, 0.2) is 0 Å². The molecule has 60 valence electrons. The molecule has 1 atom stereocenters. The molecule has 0 amide bonds. The van der Waals surface area contributed by atoms with Crippen LogP contribution in [0.1, 0.15) is 26.7 Å². The van der Waals surface area contributed by atoms with Gasteiger partial charge < -0.3 is 5.11 Å². The van der Waals surface area contributed by atoms with E-state index in [1.807, 2.05) is 11.8 Å². The molecule has 0 heterocycles. The van der Waals surface area contributed by atoms with Gasteiger partial charge in [0, 0.05) is 5.75 Å². The number of hydrogen-bond acceptors (Lipinski definition) is 2. The van der Waals surface area contributed by atoms with E-state index in [1.54, 1.807) is 0 Å². The Morgan fingerprint density at radius 3 is 2.50 bits per heavy atom. The molecule has 0 saturated heterocycles. The summed E-state index contributed by atoms with van der Waals surface area (Å²) < 4.78 is 0. The van der Waals surface area contributed by atoms with Gasteiger partial charge in [0.05, 0.1) is 6.10 Å². The number of aliphatic hydroxyl groups is 1. The molecule has 1 rings (SSSR count). The van der Waals surface area contributed by atoms with Crippen LogP contribution in [0.2, 0.25) is 0 Å². The van der Waals surface area contributed by atoms with Gasteiger partial charge in [-0.3, -0.25) is 0 Å². The highest BCUT2D eigenvalue weighted by molar-refractivity contribution is 7.99. The highest BCUT2D eigenvalue weighted by Gasteiger charge is 2.29. The lowest BCUT2D eigenvalue weighted by Crippen LogP contribution is -2.13. The van der Waals surface area contributed by atoms with E-state index in [2.05, 4.69) is 13.8 Å². The average molecular weight is 160 g/mol. The summed E-state index contributed by atoms with van der Waals surface area (Å²) in [4.78, 5) is 0. The van der Waals surface area contributed by atoms with Gasteiger partial charge in [0.2, 0.25) is 0 Å². The van der Waals surface area contributed by atoms with E-state index in [-0.39, 0.29) is 6.10 Å². The van der Waals surface area contributed by atoms with Gasteiger partial charge in [-0.2, -0.15) is 11.8 Å². The molecular weight excluding hydrogens is 144 g/mol. The van der Waals surface area contributed by atoms with Crippen LogP contribution in [0.15, 0.2) is 0 Å². The van der Waals surface area contributed by atoms with Crippen LogP contribution >= 0.6 is 11.8 Å². The van der Waals surface area contributed by atoms with Gasteiger partial charge in [0.25, 0.3) is 0 Å². The minimum absolute atomic E-state index is 0.0209. The molecule has 0 aliphatic heterocycles. The zero-order valence-corrected chi connectivity index (χ0v) is 7.53. The summed E-state index contributed by atoms with van der Waals surface area (Å²) >= 11 is 1.86. The highest BCUT2D eigenvalue weighted by atomic mass is 32.2. The van der Waals surface area contributed by atoms with E-state index in [4.69, 9.17) is 0 Å². The first-order valence-corrected chi connectivity index (χ1v) is 5.04. The molecule has 1 nitrogen and oxygen atoms in total. The van der Waals surface area contributed by atoms with E-state index in [0.29, 0.717) is 11.2 Å². The van der Waals surface area contributed by atoms with Gasteiger partial charge in [-0.1, -0.05) is 13.8 Å². The number of hydrogen-bond donors (Lipinski definition) is 1. The summed E-state index contributed by atoms with van der Waals surface area (Å²) in [5.74, 6) is 1.58. The summed E-state index contributed by atoms with van der Waals surface area (Å²) in [6.45, 7) is 4.34. The second-order valence-corrected chi connectivity index (χ2v) is 4.90. The maximum absolute atomic E-state index is 9.42. The summed E-state index contributed by atoms with van der Waals surface area (Å²) in [6.07, 6.45) is 2.48. The Hall–Kier alpha value is 0.310. The summed E-state index contributed by atoms with van der Waals surface area (Å²) in [7, 11) is 0. The van der Waals surface area contributed by atoms with Crippen LogP contribution in [0.4, 0.5) is 0 Å². The van der Waals surface area contributed by atoms with E-state index in [0.717, 1.165) is 5.75 Å². The third kappa shape index (κ3) is 2.93. The number of aliphatic hydroxyl groups excluding tert-OH is 1. The van der Waals surface area contributed by atoms with Crippen LogP contribution in [-0.4, -0.2) is 22.2 Å². The Bertz CT molecular complexity index is 99.4. The van der Waals surface area contributed by atoms with Crippen molar-refractivity contribution in [2.24, 2.45) is 5.92 Å². The molecule has 0 radical (unpaired) electrons. The summed E-state index contributed by atoms with van der Waals surface area (Å²) in [5, 5.41) is 10.1. The van der Waals surface area contributed by atoms with Crippen molar-refractivity contribution >= 4 is 11.8 Å². The Labute approximate surface area is 67.2 Å². The fraction of sp³-hybridized carbons (Fsp3) is 1.00. The molecular formula is C8H16OS. The fourth-order valence-electron chi connectivity index (χ4n) is 0.908. The van der Waals surface area contributed by atoms with Crippen molar-refractivity contribution in [2.75, 3.05) is 5.75 Å². The summed E-state index contributed by atoms with van der Waals surface area (Å²) in [6, 6.07) is 0. The zero-order valence-electron chi connectivity index (χ0n) is 6.71. The third-order valence-electron chi connectivity index (χ3n) is 1.77. The molecule has 0 aromatic rings. The Balaban J connectivity index is 2.00. The average Bonchev–Trinajstić information content (AvgIpc) is 2.63. The first-order chi connectivity index (χ1) is 4.70. The molecule has 0 spiro atoms. The Morgan fingerprint density at radius 2 is 2.10 bits per heavy atom. The smallest absolute Gasteiger partial charge is 0.0658 e. The maximum Gasteiger partial charge on any atom is 0.0658 e. The number of rotatable bonds is 4. The summed E-state index contributed by atoms with van der Waals surface area (Å²) in [5.41, 5.74) is 0.